The zero-order chi connectivity index (χ0) is 13.8. The molecule has 1 aliphatic rings. The summed E-state index contributed by atoms with van der Waals surface area (Å²) in [5.74, 6) is 0. The Labute approximate surface area is 170 Å². The summed E-state index contributed by atoms with van der Waals surface area (Å²) in [6, 6.07) is 19.3. The van der Waals surface area contributed by atoms with E-state index in [0.29, 0.717) is 0 Å². The van der Waals surface area contributed by atoms with Crippen LogP contribution in [0.15, 0.2) is 72.3 Å². The molecule has 0 heterocycles. The van der Waals surface area contributed by atoms with Crippen molar-refractivity contribution in [3.05, 3.63) is 78.4 Å². The molecule has 0 saturated carbocycles. The normalized spacial score (nSPS) is 11.6. The maximum atomic E-state index is 3.11. The van der Waals surface area contributed by atoms with Gasteiger partial charge in [-0.2, -0.15) is 6.08 Å². The first-order valence-corrected chi connectivity index (χ1v) is 7.17. The van der Waals surface area contributed by atoms with Gasteiger partial charge in [-0.05, 0) is 0 Å². The van der Waals surface area contributed by atoms with Crippen molar-refractivity contribution in [2.45, 2.75) is 19.8 Å². The molecule has 3 heteroatoms. The first kappa shape index (κ1) is 22.3. The smallest absolute Gasteiger partial charge is 1.00 e. The monoisotopic (exact) mass is 418 g/mol. The molecule has 0 atom stereocenters. The van der Waals surface area contributed by atoms with Crippen LogP contribution < -0.4 is 24.8 Å². The number of benzene rings is 2. The summed E-state index contributed by atoms with van der Waals surface area (Å²) < 4.78 is 0. The maximum absolute atomic E-state index is 3.11. The third-order valence-corrected chi connectivity index (χ3v) is 3.70. The standard InChI is InChI=1S/C13H9.C7H9.2ClH.Zr/c1-3-7-12-10(5-1)9-11-6-2-4-8-13(11)12;1-2-7-5-3-4-6-7;;;/h1-9H;5-6H,2-3H2,1H3;2*1H;/q2*-1;;;+4/p-2. The van der Waals surface area contributed by atoms with Gasteiger partial charge < -0.3 is 24.8 Å². The molecule has 0 amide bonds. The molecule has 1 aliphatic carbocycles. The van der Waals surface area contributed by atoms with Crippen molar-refractivity contribution in [1.29, 1.82) is 0 Å². The zero-order valence-electron chi connectivity index (χ0n) is 13.0. The molecular formula is C20H18Cl2Zr. The van der Waals surface area contributed by atoms with Crippen LogP contribution >= 0.6 is 0 Å². The van der Waals surface area contributed by atoms with E-state index in [0.717, 1.165) is 12.8 Å². The number of hydrogen-bond acceptors (Lipinski definition) is 0. The average Bonchev–Trinajstić information content (AvgIpc) is 3.15. The summed E-state index contributed by atoms with van der Waals surface area (Å²) >= 11 is 0. The van der Waals surface area contributed by atoms with Crippen molar-refractivity contribution in [2.24, 2.45) is 0 Å². The Morgan fingerprint density at radius 3 is 1.83 bits per heavy atom. The molecule has 3 aromatic carbocycles. The summed E-state index contributed by atoms with van der Waals surface area (Å²) in [5, 5.41) is 5.39. The zero-order valence-corrected chi connectivity index (χ0v) is 17.0. The van der Waals surface area contributed by atoms with Gasteiger partial charge in [0.15, 0.2) is 0 Å². The molecule has 116 valence electrons. The number of rotatable bonds is 1. The van der Waals surface area contributed by atoms with Crippen molar-refractivity contribution in [3.63, 3.8) is 0 Å². The van der Waals surface area contributed by atoms with Crippen molar-refractivity contribution in [1.82, 2.24) is 0 Å². The molecule has 0 N–H and O–H groups in total. The van der Waals surface area contributed by atoms with Crippen LogP contribution in [-0.2, 0) is 26.2 Å². The molecule has 0 bridgehead atoms. The molecule has 0 saturated heterocycles. The van der Waals surface area contributed by atoms with Gasteiger partial charge in [0, 0.05) is 0 Å². The first-order chi connectivity index (χ1) is 9.88. The minimum atomic E-state index is 0. The van der Waals surface area contributed by atoms with Crippen LogP contribution in [0, 0.1) is 6.08 Å². The summed E-state index contributed by atoms with van der Waals surface area (Å²) in [7, 11) is 0. The van der Waals surface area contributed by atoms with E-state index in [2.05, 4.69) is 79.7 Å². The quantitative estimate of drug-likeness (QED) is 0.479. The molecule has 0 spiro atoms. The van der Waals surface area contributed by atoms with E-state index < -0.39 is 0 Å². The Bertz CT molecular complexity index is 734. The molecule has 0 nitrogen and oxygen atoms in total. The Balaban J connectivity index is 0.000000426. The van der Waals surface area contributed by atoms with Crippen LogP contribution in [-0.4, -0.2) is 0 Å². The molecule has 23 heavy (non-hydrogen) atoms. The van der Waals surface area contributed by atoms with Gasteiger partial charge in [0.1, 0.15) is 0 Å². The van der Waals surface area contributed by atoms with Crippen molar-refractivity contribution in [2.75, 3.05) is 0 Å². The third kappa shape index (κ3) is 5.38. The van der Waals surface area contributed by atoms with E-state index in [1.165, 1.54) is 27.1 Å². The van der Waals surface area contributed by atoms with Crippen molar-refractivity contribution >= 4 is 21.5 Å². The average molecular weight is 420 g/mol. The fraction of sp³-hybridized carbons (Fsp3) is 0.150. The minimum absolute atomic E-state index is 0. The molecule has 0 unspecified atom stereocenters. The Morgan fingerprint density at radius 1 is 0.913 bits per heavy atom. The summed E-state index contributed by atoms with van der Waals surface area (Å²) in [6.07, 6.45) is 9.57. The molecule has 0 aliphatic heterocycles. The van der Waals surface area contributed by atoms with Gasteiger partial charge in [0.25, 0.3) is 0 Å². The fourth-order valence-corrected chi connectivity index (χ4v) is 2.59. The molecule has 4 rings (SSSR count). The van der Waals surface area contributed by atoms with E-state index in [4.69, 9.17) is 0 Å². The third-order valence-electron chi connectivity index (χ3n) is 3.70. The maximum Gasteiger partial charge on any atom is 4.00 e. The van der Waals surface area contributed by atoms with Gasteiger partial charge in [-0.3, -0.25) is 6.08 Å². The molecular weight excluding hydrogens is 402 g/mol. The van der Waals surface area contributed by atoms with Crippen LogP contribution in [0.3, 0.4) is 0 Å². The van der Waals surface area contributed by atoms with Crippen LogP contribution in [0.1, 0.15) is 19.8 Å². The predicted molar refractivity (Wildman–Crippen MR) is 87.9 cm³/mol. The fourth-order valence-electron chi connectivity index (χ4n) is 2.59. The largest absolute Gasteiger partial charge is 4.00 e. The van der Waals surface area contributed by atoms with Gasteiger partial charge in [0.2, 0.25) is 0 Å². The van der Waals surface area contributed by atoms with Gasteiger partial charge in [-0.25, -0.2) is 11.6 Å². The van der Waals surface area contributed by atoms with Crippen molar-refractivity contribution in [3.8, 4) is 0 Å². The summed E-state index contributed by atoms with van der Waals surface area (Å²) in [4.78, 5) is 0. The SMILES string of the molecule is CCC1=CC[C-]=C1.[Cl-].[Cl-].[Zr+4].c1ccc2c(c1)[cH-]c1ccccc12. The van der Waals surface area contributed by atoms with E-state index in [9.17, 15) is 0 Å². The van der Waals surface area contributed by atoms with E-state index in [-0.39, 0.29) is 51.0 Å². The van der Waals surface area contributed by atoms with E-state index >= 15 is 0 Å². The van der Waals surface area contributed by atoms with Crippen LogP contribution in [0.25, 0.3) is 21.5 Å². The van der Waals surface area contributed by atoms with Crippen LogP contribution in [0.5, 0.6) is 0 Å². The number of hydrogen-bond donors (Lipinski definition) is 0. The number of fused-ring (bicyclic) bond motifs is 3. The first-order valence-electron chi connectivity index (χ1n) is 7.17. The molecule has 0 aromatic heterocycles. The van der Waals surface area contributed by atoms with Gasteiger partial charge in [-0.1, -0.05) is 49.7 Å². The molecule has 0 radical (unpaired) electrons. The summed E-state index contributed by atoms with van der Waals surface area (Å²) in [5.41, 5.74) is 1.43. The number of halogens is 2. The van der Waals surface area contributed by atoms with E-state index in [1.807, 2.05) is 0 Å². The topological polar surface area (TPSA) is 0 Å². The van der Waals surface area contributed by atoms with Gasteiger partial charge >= 0.3 is 26.2 Å². The second-order valence-electron chi connectivity index (χ2n) is 5.00. The molecule has 0 fully saturated rings. The number of allylic oxidation sites excluding steroid dienone is 4. The minimum Gasteiger partial charge on any atom is -1.00 e. The van der Waals surface area contributed by atoms with Crippen LogP contribution in [0.4, 0.5) is 0 Å². The molecule has 3 aromatic rings. The summed E-state index contributed by atoms with van der Waals surface area (Å²) in [6.45, 7) is 2.16. The second-order valence-corrected chi connectivity index (χ2v) is 5.00. The Morgan fingerprint density at radius 2 is 1.43 bits per heavy atom. The van der Waals surface area contributed by atoms with Gasteiger partial charge in [0.05, 0.1) is 0 Å². The Hall–Kier alpha value is -0.747. The van der Waals surface area contributed by atoms with Crippen LogP contribution in [0.2, 0.25) is 0 Å². The predicted octanol–water partition coefficient (Wildman–Crippen LogP) is -0.197. The Kier molecular flexibility index (Phi) is 10.6. The second kappa shape index (κ2) is 10.9. The van der Waals surface area contributed by atoms with Crippen molar-refractivity contribution < 1.29 is 51.0 Å². The van der Waals surface area contributed by atoms with E-state index in [1.54, 1.807) is 0 Å². The van der Waals surface area contributed by atoms with Gasteiger partial charge in [-0.15, -0.1) is 46.2 Å².